The lowest BCUT2D eigenvalue weighted by molar-refractivity contribution is 0.399. The molecule has 21 heavy (non-hydrogen) atoms. The molecule has 0 bridgehead atoms. The minimum absolute atomic E-state index is 0.164. The van der Waals surface area contributed by atoms with Gasteiger partial charge in [-0.05, 0) is 36.8 Å². The van der Waals surface area contributed by atoms with Crippen molar-refractivity contribution in [3.8, 4) is 6.07 Å². The van der Waals surface area contributed by atoms with Crippen LogP contribution in [0.25, 0.3) is 0 Å². The second-order valence-electron chi connectivity index (χ2n) is 4.60. The number of thiophene rings is 1. The van der Waals surface area contributed by atoms with E-state index in [0.29, 0.717) is 10.6 Å². The van der Waals surface area contributed by atoms with Crippen molar-refractivity contribution in [1.82, 2.24) is 4.31 Å². The molecular formula is C14H15N3O2S2. The van der Waals surface area contributed by atoms with Gasteiger partial charge in [0.2, 0.25) is 0 Å². The summed E-state index contributed by atoms with van der Waals surface area (Å²) in [5, 5.41) is 8.81. The summed E-state index contributed by atoms with van der Waals surface area (Å²) in [6, 6.07) is 11.7. The molecule has 0 saturated heterocycles. The number of nitrogens with zero attached hydrogens (tertiary/aromatic N) is 2. The lowest BCUT2D eigenvalue weighted by atomic mass is 10.1. The molecule has 2 rings (SSSR count). The predicted octanol–water partition coefficient (Wildman–Crippen LogP) is 2.58. The second kappa shape index (κ2) is 5.85. The summed E-state index contributed by atoms with van der Waals surface area (Å²) >= 11 is 0.968. The van der Waals surface area contributed by atoms with Gasteiger partial charge in [0.25, 0.3) is 10.0 Å². The number of rotatable bonds is 4. The van der Waals surface area contributed by atoms with Crippen molar-refractivity contribution < 1.29 is 8.42 Å². The standard InChI is InChI=1S/C14H15N3O2S2/c1-10(11-4-3-5-12(16)8-11)17(2)21(18,19)14-7-6-13(9-15)20-14/h3-8,10H,16H2,1-2H3. The topological polar surface area (TPSA) is 87.2 Å². The van der Waals surface area contributed by atoms with Gasteiger partial charge >= 0.3 is 0 Å². The van der Waals surface area contributed by atoms with Crippen LogP contribution in [0.1, 0.15) is 23.4 Å². The molecule has 7 heteroatoms. The van der Waals surface area contributed by atoms with E-state index in [1.54, 1.807) is 25.1 Å². The third-order valence-electron chi connectivity index (χ3n) is 3.26. The maximum Gasteiger partial charge on any atom is 0.252 e. The molecule has 5 nitrogen and oxygen atoms in total. The van der Waals surface area contributed by atoms with E-state index in [1.165, 1.54) is 23.5 Å². The molecule has 0 fully saturated rings. The fourth-order valence-electron chi connectivity index (χ4n) is 1.90. The monoisotopic (exact) mass is 321 g/mol. The molecule has 1 aromatic carbocycles. The Morgan fingerprint density at radius 2 is 2.05 bits per heavy atom. The normalized spacial score (nSPS) is 13.0. The Morgan fingerprint density at radius 1 is 1.33 bits per heavy atom. The lowest BCUT2D eigenvalue weighted by Gasteiger charge is -2.24. The number of hydrogen-bond donors (Lipinski definition) is 1. The van der Waals surface area contributed by atoms with Crippen LogP contribution in [0.3, 0.4) is 0 Å². The largest absolute Gasteiger partial charge is 0.399 e. The zero-order valence-electron chi connectivity index (χ0n) is 11.6. The van der Waals surface area contributed by atoms with Crippen LogP contribution in [0.2, 0.25) is 0 Å². The molecule has 0 aliphatic rings. The molecule has 0 radical (unpaired) electrons. The van der Waals surface area contributed by atoms with Gasteiger partial charge in [0.05, 0.1) is 0 Å². The molecule has 1 atom stereocenters. The van der Waals surface area contributed by atoms with E-state index in [-0.39, 0.29) is 10.3 Å². The van der Waals surface area contributed by atoms with Crippen molar-refractivity contribution in [3.05, 3.63) is 46.8 Å². The van der Waals surface area contributed by atoms with Crippen molar-refractivity contribution in [2.24, 2.45) is 0 Å². The average molecular weight is 321 g/mol. The molecule has 110 valence electrons. The summed E-state index contributed by atoms with van der Waals surface area (Å²) in [6.45, 7) is 1.80. The molecule has 1 heterocycles. The minimum Gasteiger partial charge on any atom is -0.399 e. The third-order valence-corrected chi connectivity index (χ3v) is 6.65. The summed E-state index contributed by atoms with van der Waals surface area (Å²) < 4.78 is 26.6. The van der Waals surface area contributed by atoms with Crippen molar-refractivity contribution in [2.75, 3.05) is 12.8 Å². The van der Waals surface area contributed by atoms with Gasteiger partial charge in [-0.15, -0.1) is 11.3 Å². The number of nitriles is 1. The van der Waals surface area contributed by atoms with Crippen LogP contribution in [0.5, 0.6) is 0 Å². The number of nitrogen functional groups attached to an aromatic ring is 1. The van der Waals surface area contributed by atoms with E-state index >= 15 is 0 Å². The lowest BCUT2D eigenvalue weighted by Crippen LogP contribution is -2.29. The number of benzene rings is 1. The minimum atomic E-state index is -3.63. The van der Waals surface area contributed by atoms with E-state index in [9.17, 15) is 8.42 Å². The Hall–Kier alpha value is -1.88. The molecular weight excluding hydrogens is 306 g/mol. The highest BCUT2D eigenvalue weighted by atomic mass is 32.2. The fourth-order valence-corrected chi connectivity index (χ4v) is 4.54. The highest BCUT2D eigenvalue weighted by molar-refractivity contribution is 7.91. The van der Waals surface area contributed by atoms with Gasteiger partial charge in [0.15, 0.2) is 0 Å². The van der Waals surface area contributed by atoms with Crippen LogP contribution < -0.4 is 5.73 Å². The predicted molar refractivity (Wildman–Crippen MR) is 83.3 cm³/mol. The first-order chi connectivity index (χ1) is 9.86. The Kier molecular flexibility index (Phi) is 4.32. The number of nitrogens with two attached hydrogens (primary N) is 1. The van der Waals surface area contributed by atoms with Crippen LogP contribution in [-0.4, -0.2) is 19.8 Å². The Labute approximate surface area is 128 Å². The number of anilines is 1. The maximum absolute atomic E-state index is 12.6. The van der Waals surface area contributed by atoms with Crippen molar-refractivity contribution in [1.29, 1.82) is 5.26 Å². The first kappa shape index (κ1) is 15.5. The zero-order chi connectivity index (χ0) is 15.6. The van der Waals surface area contributed by atoms with Gasteiger partial charge in [-0.2, -0.15) is 9.57 Å². The van der Waals surface area contributed by atoms with Crippen LogP contribution in [0, 0.1) is 11.3 Å². The van der Waals surface area contributed by atoms with Gasteiger partial charge in [-0.25, -0.2) is 8.42 Å². The fraction of sp³-hybridized carbons (Fsp3) is 0.214. The Bertz CT molecular complexity index is 791. The molecule has 1 aromatic heterocycles. The molecule has 0 aliphatic carbocycles. The molecule has 0 aliphatic heterocycles. The van der Waals surface area contributed by atoms with E-state index in [2.05, 4.69) is 0 Å². The summed E-state index contributed by atoms with van der Waals surface area (Å²) in [4.78, 5) is 0.374. The van der Waals surface area contributed by atoms with Gasteiger partial charge in [-0.3, -0.25) is 0 Å². The maximum atomic E-state index is 12.6. The number of hydrogen-bond acceptors (Lipinski definition) is 5. The highest BCUT2D eigenvalue weighted by Gasteiger charge is 2.27. The van der Waals surface area contributed by atoms with E-state index < -0.39 is 10.0 Å². The van der Waals surface area contributed by atoms with Gasteiger partial charge < -0.3 is 5.73 Å². The number of sulfonamides is 1. The van der Waals surface area contributed by atoms with Crippen molar-refractivity contribution >= 4 is 27.0 Å². The summed E-state index contributed by atoms with van der Waals surface area (Å²) in [7, 11) is -2.11. The van der Waals surface area contributed by atoms with Crippen molar-refractivity contribution in [2.45, 2.75) is 17.2 Å². The zero-order valence-corrected chi connectivity index (χ0v) is 13.3. The quantitative estimate of drug-likeness (QED) is 0.877. The molecule has 0 spiro atoms. The molecule has 0 amide bonds. The highest BCUT2D eigenvalue weighted by Crippen LogP contribution is 2.30. The Morgan fingerprint density at radius 3 is 2.62 bits per heavy atom. The first-order valence-corrected chi connectivity index (χ1v) is 8.45. The van der Waals surface area contributed by atoms with Gasteiger partial charge in [0, 0.05) is 18.8 Å². The van der Waals surface area contributed by atoms with E-state index in [0.717, 1.165) is 16.9 Å². The van der Waals surface area contributed by atoms with Crippen LogP contribution >= 0.6 is 11.3 Å². The third kappa shape index (κ3) is 3.08. The SMILES string of the molecule is CC(c1cccc(N)c1)N(C)S(=O)(=O)c1ccc(C#N)s1. The molecule has 2 aromatic rings. The van der Waals surface area contributed by atoms with Crippen LogP contribution in [0.15, 0.2) is 40.6 Å². The Balaban J connectivity index is 2.34. The average Bonchev–Trinajstić information content (AvgIpc) is 2.95. The first-order valence-electron chi connectivity index (χ1n) is 6.19. The smallest absolute Gasteiger partial charge is 0.252 e. The summed E-state index contributed by atoms with van der Waals surface area (Å²) in [5.74, 6) is 0. The van der Waals surface area contributed by atoms with Crippen molar-refractivity contribution in [3.63, 3.8) is 0 Å². The summed E-state index contributed by atoms with van der Waals surface area (Å²) in [5.41, 5.74) is 7.14. The van der Waals surface area contributed by atoms with Crippen LogP contribution in [-0.2, 0) is 10.0 Å². The van der Waals surface area contributed by atoms with E-state index in [1.807, 2.05) is 12.1 Å². The van der Waals surface area contributed by atoms with Crippen LogP contribution in [0.4, 0.5) is 5.69 Å². The van der Waals surface area contributed by atoms with Gasteiger partial charge in [-0.1, -0.05) is 12.1 Å². The molecule has 1 unspecified atom stereocenters. The summed E-state index contributed by atoms with van der Waals surface area (Å²) in [6.07, 6.45) is 0. The van der Waals surface area contributed by atoms with E-state index in [4.69, 9.17) is 11.0 Å². The second-order valence-corrected chi connectivity index (χ2v) is 7.91. The molecule has 0 saturated carbocycles. The molecule has 2 N–H and O–H groups in total. The van der Waals surface area contributed by atoms with Gasteiger partial charge in [0.1, 0.15) is 15.2 Å².